The molecule has 22 heavy (non-hydrogen) atoms. The Kier molecular flexibility index (Phi) is 3.91. The molecule has 0 unspecified atom stereocenters. The van der Waals surface area contributed by atoms with E-state index in [2.05, 4.69) is 36.5 Å². The van der Waals surface area contributed by atoms with Crippen molar-refractivity contribution in [3.63, 3.8) is 0 Å². The molecule has 0 bridgehead atoms. The molecule has 3 nitrogen and oxygen atoms in total. The van der Waals surface area contributed by atoms with Gasteiger partial charge in [-0.3, -0.25) is 0 Å². The molecule has 0 spiro atoms. The van der Waals surface area contributed by atoms with Crippen LogP contribution in [0.1, 0.15) is 47.4 Å². The highest BCUT2D eigenvalue weighted by molar-refractivity contribution is 8.93. The van der Waals surface area contributed by atoms with Crippen LogP contribution >= 0.6 is 17.0 Å². The van der Waals surface area contributed by atoms with Gasteiger partial charge in [-0.15, -0.1) is 17.0 Å². The van der Waals surface area contributed by atoms with Crippen LogP contribution in [0.3, 0.4) is 0 Å². The topological polar surface area (TPSA) is 52.5 Å². The molecule has 0 radical (unpaired) electrons. The first-order chi connectivity index (χ1) is 10.1. The quantitative estimate of drug-likeness (QED) is 0.625. The molecule has 1 heterocycles. The zero-order valence-electron chi connectivity index (χ0n) is 12.4. The molecule has 0 aromatic heterocycles. The Bertz CT molecular complexity index is 716. The molecule has 4 rings (SSSR count). The summed E-state index contributed by atoms with van der Waals surface area (Å²) in [7, 11) is 0. The molecule has 0 saturated heterocycles. The number of halogens is 1. The number of hydrogen-bond donors (Lipinski definition) is 3. The van der Waals surface area contributed by atoms with Crippen molar-refractivity contribution in [3.05, 3.63) is 58.7 Å². The van der Waals surface area contributed by atoms with Crippen molar-refractivity contribution >= 4 is 17.0 Å². The molecular formula is C18H20BrNO2. The smallest absolute Gasteiger partial charge is 0.157 e. The molecule has 1 aliphatic carbocycles. The molecule has 0 amide bonds. The first-order valence-electron chi connectivity index (χ1n) is 7.52. The lowest BCUT2D eigenvalue weighted by molar-refractivity contribution is 0.359. The molecular weight excluding hydrogens is 342 g/mol. The van der Waals surface area contributed by atoms with E-state index in [0.717, 1.165) is 24.1 Å². The number of fused-ring (bicyclic) bond motifs is 5. The average Bonchev–Trinajstić information content (AvgIpc) is 2.49. The molecule has 2 aromatic rings. The van der Waals surface area contributed by atoms with Crippen molar-refractivity contribution in [2.75, 3.05) is 0 Å². The third-order valence-electron chi connectivity index (χ3n) is 5.00. The first kappa shape index (κ1) is 15.4. The number of rotatable bonds is 0. The maximum atomic E-state index is 9.93. The summed E-state index contributed by atoms with van der Waals surface area (Å²) in [5.74, 6) is 0.596. The molecule has 3 atom stereocenters. The lowest BCUT2D eigenvalue weighted by atomic mass is 9.69. The van der Waals surface area contributed by atoms with Gasteiger partial charge < -0.3 is 15.5 Å². The van der Waals surface area contributed by atoms with E-state index in [1.54, 1.807) is 12.1 Å². The van der Waals surface area contributed by atoms with Crippen LogP contribution in [0.25, 0.3) is 0 Å². The van der Waals surface area contributed by atoms with Crippen LogP contribution in [0, 0.1) is 0 Å². The summed E-state index contributed by atoms with van der Waals surface area (Å²) in [5, 5.41) is 23.4. The number of phenols is 2. The highest BCUT2D eigenvalue weighted by Crippen LogP contribution is 2.47. The Hall–Kier alpha value is -1.52. The van der Waals surface area contributed by atoms with Crippen molar-refractivity contribution in [3.8, 4) is 11.5 Å². The summed E-state index contributed by atoms with van der Waals surface area (Å²) >= 11 is 0. The van der Waals surface area contributed by atoms with E-state index in [1.807, 2.05) is 0 Å². The second-order valence-electron chi connectivity index (χ2n) is 6.27. The van der Waals surface area contributed by atoms with Crippen LogP contribution in [-0.4, -0.2) is 16.3 Å². The fourth-order valence-electron chi connectivity index (χ4n) is 3.99. The number of aromatic hydroxyl groups is 2. The zero-order valence-corrected chi connectivity index (χ0v) is 14.1. The maximum absolute atomic E-state index is 9.93. The number of phenolic OH excluding ortho intramolecular Hbond substituents is 2. The van der Waals surface area contributed by atoms with E-state index >= 15 is 0 Å². The van der Waals surface area contributed by atoms with Crippen molar-refractivity contribution in [1.82, 2.24) is 5.32 Å². The van der Waals surface area contributed by atoms with Gasteiger partial charge in [-0.25, -0.2) is 0 Å². The van der Waals surface area contributed by atoms with Crippen LogP contribution in [-0.2, 0) is 6.54 Å². The standard InChI is InChI=1S/C18H19NO2.BrH/c1-10-6-15-18(12-5-3-2-4-11(12)9-19-15)14-8-17(21)16(20)7-13(10)14;/h2-5,7-8,10,15,18-21H,6,9H2,1H3;1H/t10-,15-,18-;/m1./s1. The van der Waals surface area contributed by atoms with Gasteiger partial charge in [0.1, 0.15) is 0 Å². The Morgan fingerprint density at radius 2 is 1.68 bits per heavy atom. The molecule has 2 aliphatic rings. The molecule has 116 valence electrons. The fraction of sp³-hybridized carbons (Fsp3) is 0.333. The van der Waals surface area contributed by atoms with E-state index in [-0.39, 0.29) is 34.4 Å². The monoisotopic (exact) mass is 361 g/mol. The minimum Gasteiger partial charge on any atom is -0.504 e. The van der Waals surface area contributed by atoms with Gasteiger partial charge in [-0.2, -0.15) is 0 Å². The van der Waals surface area contributed by atoms with Crippen LogP contribution in [0.2, 0.25) is 0 Å². The second kappa shape index (κ2) is 5.60. The normalized spacial score (nSPS) is 25.4. The van der Waals surface area contributed by atoms with Gasteiger partial charge in [-0.1, -0.05) is 31.2 Å². The molecule has 4 heteroatoms. The van der Waals surface area contributed by atoms with Gasteiger partial charge in [0.05, 0.1) is 0 Å². The minimum absolute atomic E-state index is 0. The molecule has 3 N–H and O–H groups in total. The third kappa shape index (κ3) is 2.22. The van der Waals surface area contributed by atoms with Crippen molar-refractivity contribution in [2.45, 2.75) is 37.8 Å². The van der Waals surface area contributed by atoms with Crippen molar-refractivity contribution < 1.29 is 10.2 Å². The first-order valence-corrected chi connectivity index (χ1v) is 7.52. The van der Waals surface area contributed by atoms with Gasteiger partial charge >= 0.3 is 0 Å². The molecule has 1 aliphatic heterocycles. The van der Waals surface area contributed by atoms with Gasteiger partial charge in [0.15, 0.2) is 11.5 Å². The SMILES string of the molecule is Br.C[C@@H]1C[C@H]2NCc3ccccc3[C@@H]2c2cc(O)c(O)cc21. The summed E-state index contributed by atoms with van der Waals surface area (Å²) in [6.07, 6.45) is 1.05. The highest BCUT2D eigenvalue weighted by atomic mass is 79.9. The average molecular weight is 362 g/mol. The number of nitrogens with one attached hydrogen (secondary N) is 1. The van der Waals surface area contributed by atoms with E-state index in [4.69, 9.17) is 0 Å². The van der Waals surface area contributed by atoms with E-state index in [1.165, 1.54) is 11.1 Å². The Morgan fingerprint density at radius 1 is 1.00 bits per heavy atom. The Labute approximate surface area is 140 Å². The van der Waals surface area contributed by atoms with Crippen LogP contribution in [0.5, 0.6) is 11.5 Å². The molecule has 0 saturated carbocycles. The number of hydrogen-bond acceptors (Lipinski definition) is 3. The summed E-state index contributed by atoms with van der Waals surface area (Å²) in [6.45, 7) is 3.09. The highest BCUT2D eigenvalue weighted by Gasteiger charge is 2.37. The second-order valence-corrected chi connectivity index (χ2v) is 6.27. The zero-order chi connectivity index (χ0) is 14.6. The van der Waals surface area contributed by atoms with Gasteiger partial charge in [0, 0.05) is 18.5 Å². The van der Waals surface area contributed by atoms with Gasteiger partial charge in [-0.05, 0) is 46.7 Å². The van der Waals surface area contributed by atoms with E-state index in [0.29, 0.717) is 12.0 Å². The third-order valence-corrected chi connectivity index (χ3v) is 5.00. The van der Waals surface area contributed by atoms with Crippen LogP contribution < -0.4 is 5.32 Å². The van der Waals surface area contributed by atoms with Crippen LogP contribution in [0.15, 0.2) is 36.4 Å². The Morgan fingerprint density at radius 3 is 2.45 bits per heavy atom. The minimum atomic E-state index is -0.0235. The molecule has 0 fully saturated rings. The lowest BCUT2D eigenvalue weighted by Gasteiger charge is -2.42. The van der Waals surface area contributed by atoms with E-state index < -0.39 is 0 Å². The fourth-order valence-corrected chi connectivity index (χ4v) is 3.99. The van der Waals surface area contributed by atoms with Gasteiger partial charge in [0.2, 0.25) is 0 Å². The van der Waals surface area contributed by atoms with Crippen molar-refractivity contribution in [1.29, 1.82) is 0 Å². The largest absolute Gasteiger partial charge is 0.504 e. The predicted molar refractivity (Wildman–Crippen MR) is 92.0 cm³/mol. The Balaban J connectivity index is 0.00000144. The molecule has 2 aromatic carbocycles. The van der Waals surface area contributed by atoms with Gasteiger partial charge in [0.25, 0.3) is 0 Å². The summed E-state index contributed by atoms with van der Waals surface area (Å²) in [4.78, 5) is 0. The number of benzene rings is 2. The van der Waals surface area contributed by atoms with Crippen molar-refractivity contribution in [2.24, 2.45) is 0 Å². The van der Waals surface area contributed by atoms with E-state index in [9.17, 15) is 10.2 Å². The lowest BCUT2D eigenvalue weighted by Crippen LogP contribution is -2.43. The summed E-state index contributed by atoms with van der Waals surface area (Å²) in [6, 6.07) is 12.4. The van der Waals surface area contributed by atoms with Crippen LogP contribution in [0.4, 0.5) is 0 Å². The summed E-state index contributed by atoms with van der Waals surface area (Å²) in [5.41, 5.74) is 4.98. The summed E-state index contributed by atoms with van der Waals surface area (Å²) < 4.78 is 0. The predicted octanol–water partition coefficient (Wildman–Crippen LogP) is 3.79. The maximum Gasteiger partial charge on any atom is 0.157 e.